The molecule has 7 heteroatoms. The van der Waals surface area contributed by atoms with Crippen LogP contribution in [0.4, 0.5) is 22.0 Å². The number of allylic oxidation sites excluding steroid dienone is 3. The van der Waals surface area contributed by atoms with Crippen molar-refractivity contribution in [2.24, 2.45) is 0 Å². The van der Waals surface area contributed by atoms with Gasteiger partial charge in [-0.1, -0.05) is 0 Å². The summed E-state index contributed by atoms with van der Waals surface area (Å²) in [5.74, 6) is -7.98. The monoisotopic (exact) mass is 404 g/mol. The van der Waals surface area contributed by atoms with Crippen LogP contribution in [0.5, 0.6) is 0 Å². The van der Waals surface area contributed by atoms with Crippen molar-refractivity contribution in [1.29, 1.82) is 0 Å². The van der Waals surface area contributed by atoms with Crippen molar-refractivity contribution >= 4 is 0 Å². The molecule has 0 atom stereocenters. The van der Waals surface area contributed by atoms with Gasteiger partial charge in [0.2, 0.25) is 11.7 Å². The molecule has 0 heterocycles. The Hall–Kier alpha value is 0.302. The van der Waals surface area contributed by atoms with Gasteiger partial charge < -0.3 is 24.0 Å². The zero-order valence-corrected chi connectivity index (χ0v) is 9.30. The zero-order chi connectivity index (χ0) is 8.59. The Labute approximate surface area is 104 Å². The topological polar surface area (TPSA) is 0 Å². The van der Waals surface area contributed by atoms with Crippen LogP contribution >= 0.6 is 0 Å². The quantitative estimate of drug-likeness (QED) is 0.238. The Kier molecular flexibility index (Phi) is 7.17. The molecule has 0 saturated heterocycles. The number of rotatable bonds is 0. The third-order valence-electron chi connectivity index (χ3n) is 0.990. The second-order valence-corrected chi connectivity index (χ2v) is 1.69. The van der Waals surface area contributed by atoms with E-state index in [2.05, 4.69) is 0 Å². The predicted molar refractivity (Wildman–Crippen MR) is 30.6 cm³/mol. The molecule has 0 aliphatic heterocycles. The van der Waals surface area contributed by atoms with Gasteiger partial charge in [-0.2, -0.15) is 13.2 Å². The van der Waals surface area contributed by atoms with Gasteiger partial charge in [-0.25, -0.2) is 8.78 Å². The first-order valence-electron chi connectivity index (χ1n) is 2.44. The van der Waals surface area contributed by atoms with Gasteiger partial charge >= 0.3 is 0 Å². The summed E-state index contributed by atoms with van der Waals surface area (Å²) in [6, 6.07) is 0. The van der Waals surface area contributed by atoms with Crippen molar-refractivity contribution in [2.45, 2.75) is 0 Å². The molecule has 0 N–H and O–H groups in total. The summed E-state index contributed by atoms with van der Waals surface area (Å²) in [6.07, 6.45) is -2.07. The van der Waals surface area contributed by atoms with Crippen LogP contribution in [0.3, 0.4) is 0 Å². The van der Waals surface area contributed by atoms with Crippen LogP contribution in [0.2, 0.25) is 0 Å². The molecule has 0 aromatic heterocycles. The average Bonchev–Trinajstić information content (AvgIpc) is 1.97. The van der Waals surface area contributed by atoms with Gasteiger partial charge in [-0.3, -0.25) is 0 Å². The summed E-state index contributed by atoms with van der Waals surface area (Å²) in [5.41, 5.74) is 1.02. The maximum Gasteiger partial charge on any atom is 0.270 e. The van der Waals surface area contributed by atoms with Crippen LogP contribution in [0.1, 0.15) is 2.85 Å². The molecule has 0 aromatic carbocycles. The van der Waals surface area contributed by atoms with Gasteiger partial charge in [0, 0.05) is 23.3 Å². The van der Waals surface area contributed by atoms with E-state index in [-0.39, 0.29) is 47.3 Å². The van der Waals surface area contributed by atoms with E-state index in [1.807, 2.05) is 0 Å². The Morgan fingerprint density at radius 3 is 1.77 bits per heavy atom. The van der Waals surface area contributed by atoms with Crippen LogP contribution in [0.15, 0.2) is 29.0 Å². The fourth-order valence-corrected chi connectivity index (χ4v) is 0.495. The zero-order valence-electron chi connectivity index (χ0n) is 5.58. The third-order valence-corrected chi connectivity index (χ3v) is 0.990. The van der Waals surface area contributed by atoms with Crippen molar-refractivity contribution in [3.8, 4) is 0 Å². The Balaban J connectivity index is -0.000000151. The molecular formula is C6H4F5IPd-. The molecule has 1 rings (SSSR count). The molecule has 0 bridgehead atoms. The summed E-state index contributed by atoms with van der Waals surface area (Å²) in [7, 11) is 0. The first kappa shape index (κ1) is 15.8. The minimum Gasteiger partial charge on any atom is -1.00 e. The molecule has 1 aliphatic carbocycles. The van der Waals surface area contributed by atoms with Crippen LogP contribution < -0.4 is 24.0 Å². The van der Waals surface area contributed by atoms with E-state index in [0.29, 0.717) is 0 Å². The van der Waals surface area contributed by atoms with E-state index in [9.17, 15) is 22.0 Å². The normalized spacial score (nSPS) is 17.0. The standard InChI is InChI=1S/C6F5.HI.Pd.2H2/c7-2-1-3(8)5(10)6(11)4(2)9;;;;/h;1H;;2*1H/p-1. The van der Waals surface area contributed by atoms with Crippen molar-refractivity contribution in [3.05, 3.63) is 35.2 Å². The van der Waals surface area contributed by atoms with Crippen molar-refractivity contribution in [2.75, 3.05) is 0 Å². The fraction of sp³-hybridized carbons (Fsp3) is 0. The molecule has 1 radical (unpaired) electrons. The molecule has 13 heavy (non-hydrogen) atoms. The summed E-state index contributed by atoms with van der Waals surface area (Å²) in [6.45, 7) is 0. The summed E-state index contributed by atoms with van der Waals surface area (Å²) < 4.78 is 59.9. The number of halogens is 6. The first-order valence-corrected chi connectivity index (χ1v) is 2.44. The third kappa shape index (κ3) is 3.17. The van der Waals surface area contributed by atoms with Crippen LogP contribution in [-0.4, -0.2) is 0 Å². The minimum atomic E-state index is -2.17. The molecular weight excluding hydrogens is 400 g/mol. The van der Waals surface area contributed by atoms with Crippen LogP contribution in [0, 0.1) is 6.17 Å². The summed E-state index contributed by atoms with van der Waals surface area (Å²) in [5, 5.41) is 0. The maximum absolute atomic E-state index is 12.0. The second kappa shape index (κ2) is 5.91. The molecule has 0 amide bonds. The predicted octanol–water partition coefficient (Wildman–Crippen LogP) is 0.451. The van der Waals surface area contributed by atoms with E-state index < -0.39 is 29.5 Å². The van der Waals surface area contributed by atoms with E-state index in [1.165, 1.54) is 0 Å². The van der Waals surface area contributed by atoms with Gasteiger partial charge in [0.15, 0.2) is 11.7 Å². The van der Waals surface area contributed by atoms with Gasteiger partial charge in [0.05, 0.1) is 0 Å². The molecule has 0 spiro atoms. The average molecular weight is 404 g/mol. The Morgan fingerprint density at radius 2 is 1.31 bits per heavy atom. The maximum atomic E-state index is 12.0. The molecule has 1 aliphatic rings. The summed E-state index contributed by atoms with van der Waals surface area (Å²) in [4.78, 5) is 0. The summed E-state index contributed by atoms with van der Waals surface area (Å²) >= 11 is 0. The van der Waals surface area contributed by atoms with E-state index >= 15 is 0 Å². The van der Waals surface area contributed by atoms with E-state index in [4.69, 9.17) is 0 Å². The largest absolute Gasteiger partial charge is 1.00 e. The van der Waals surface area contributed by atoms with Gasteiger partial charge in [-0.15, -0.1) is 0 Å². The Morgan fingerprint density at radius 1 is 0.846 bits per heavy atom. The van der Waals surface area contributed by atoms with Crippen LogP contribution in [0.25, 0.3) is 0 Å². The fourth-order valence-electron chi connectivity index (χ4n) is 0.495. The minimum absolute atomic E-state index is 0. The SMILES string of the molecule is F[C]1C(F)=C=C(F)C(F)=C1F.[HH].[HH].[I-].[Pd]. The smallest absolute Gasteiger partial charge is 0.270 e. The van der Waals surface area contributed by atoms with Crippen molar-refractivity contribution in [3.63, 3.8) is 0 Å². The molecule has 0 unspecified atom stereocenters. The molecule has 0 aromatic rings. The van der Waals surface area contributed by atoms with Gasteiger partial charge in [0.1, 0.15) is 0 Å². The number of hydrogen-bond acceptors (Lipinski definition) is 0. The van der Waals surface area contributed by atoms with E-state index in [0.717, 1.165) is 5.73 Å². The Bertz CT molecular complexity index is 300. The van der Waals surface area contributed by atoms with E-state index in [1.54, 1.807) is 0 Å². The second-order valence-electron chi connectivity index (χ2n) is 1.69. The molecule has 0 nitrogen and oxygen atoms in total. The van der Waals surface area contributed by atoms with Crippen LogP contribution in [-0.2, 0) is 20.4 Å². The molecule has 0 saturated carbocycles. The van der Waals surface area contributed by atoms with Gasteiger partial charge in [-0.05, 0) is 5.73 Å². The molecule has 0 fully saturated rings. The van der Waals surface area contributed by atoms with Crippen molar-refractivity contribution < 1.29 is 69.2 Å². The number of hydrogen-bond donors (Lipinski definition) is 0. The van der Waals surface area contributed by atoms with Crippen molar-refractivity contribution in [1.82, 2.24) is 0 Å². The van der Waals surface area contributed by atoms with Gasteiger partial charge in [0.25, 0.3) is 6.17 Å². The molecule has 81 valence electrons. The first-order chi connectivity index (χ1) is 5.04.